The third kappa shape index (κ3) is 5.85. The number of hydrogen-bond acceptors (Lipinski definition) is 2. The summed E-state index contributed by atoms with van der Waals surface area (Å²) in [5.74, 6) is 0.218. The molecule has 0 aromatic heterocycles. The maximum Gasteiger partial charge on any atom is 0.234 e. The summed E-state index contributed by atoms with van der Waals surface area (Å²) < 4.78 is 4.32. The molecule has 168 valence electrons. The topological polar surface area (TPSA) is 42.8 Å². The van der Waals surface area contributed by atoms with Crippen molar-refractivity contribution >= 4 is 51.5 Å². The first kappa shape index (κ1) is 23.1. The lowest BCUT2D eigenvalue weighted by atomic mass is 9.84. The molecule has 0 radical (unpaired) electrons. The molecule has 2 aromatic carbocycles. The normalized spacial score (nSPS) is 25.1. The molecule has 7 heteroatoms. The van der Waals surface area contributed by atoms with Crippen molar-refractivity contribution in [3.8, 4) is 0 Å². The van der Waals surface area contributed by atoms with Crippen LogP contribution >= 0.6 is 34.8 Å². The molecule has 1 amide bonds. The van der Waals surface area contributed by atoms with Gasteiger partial charge in [-0.2, -0.15) is 0 Å². The van der Waals surface area contributed by atoms with Gasteiger partial charge in [0, 0.05) is 5.92 Å². The number of rotatable bonds is 6. The zero-order chi connectivity index (χ0) is 21.8. The Hall–Kier alpha value is -1.04. The van der Waals surface area contributed by atoms with Gasteiger partial charge in [0.1, 0.15) is 0 Å². The number of nitrogens with one attached hydrogen (secondary N) is 2. The van der Waals surface area contributed by atoms with Crippen LogP contribution in [-0.2, 0) is 16.0 Å². The van der Waals surface area contributed by atoms with Crippen LogP contribution in [0.15, 0.2) is 42.5 Å². The molecule has 1 unspecified atom stereocenters. The Morgan fingerprint density at radius 2 is 1.84 bits per heavy atom. The van der Waals surface area contributed by atoms with Crippen LogP contribution in [0, 0.1) is 5.92 Å². The molecule has 4 atom stereocenters. The molecular weight excluding hydrogens is 455 g/mol. The molecule has 2 saturated heterocycles. The third-order valence-corrected chi connectivity index (χ3v) is 7.32. The van der Waals surface area contributed by atoms with E-state index in [0.29, 0.717) is 18.6 Å². The highest BCUT2D eigenvalue weighted by Crippen LogP contribution is 2.32. The van der Waals surface area contributed by atoms with Crippen LogP contribution < -0.4 is 10.2 Å². The summed E-state index contributed by atoms with van der Waals surface area (Å²) in [4.78, 5) is 14.5. The molecule has 4 nitrogen and oxygen atoms in total. The van der Waals surface area contributed by atoms with E-state index >= 15 is 0 Å². The number of benzene rings is 2. The van der Waals surface area contributed by atoms with Crippen molar-refractivity contribution < 1.29 is 14.4 Å². The first-order chi connectivity index (χ1) is 14.9. The first-order valence-electron chi connectivity index (χ1n) is 11.2. The zero-order valence-corrected chi connectivity index (χ0v) is 19.9. The number of hydrogen-bond donors (Lipinski definition) is 2. The lowest BCUT2D eigenvalue weighted by Crippen LogP contribution is -3.18. The lowest BCUT2D eigenvalue weighted by Gasteiger charge is -2.41. The number of carbonyl (C=O) groups excluding carboxylic acids is 1. The van der Waals surface area contributed by atoms with Gasteiger partial charge in [0.15, 0.2) is 6.23 Å². The van der Waals surface area contributed by atoms with Gasteiger partial charge in [0.2, 0.25) is 9.70 Å². The largest absolute Gasteiger partial charge is 0.353 e. The quantitative estimate of drug-likeness (QED) is 0.480. The maximum absolute atomic E-state index is 12.8. The number of piperidine rings is 2. The molecule has 4 rings (SSSR count). The Balaban J connectivity index is 1.39. The Bertz CT molecular complexity index is 895. The summed E-state index contributed by atoms with van der Waals surface area (Å²) in [6, 6.07) is 14.6. The monoisotopic (exact) mass is 483 g/mol. The molecule has 2 aromatic rings. The van der Waals surface area contributed by atoms with Crippen molar-refractivity contribution in [2.24, 2.45) is 5.92 Å². The standard InChI is InChI=1S/C24H29Cl3N2O2/c25-24(26,27)23(31-16-19-10-6-14-29-13-4-3-12-21(19)29)28-22(30)15-18-9-5-8-17-7-1-2-11-20(17)18/h1-2,5,7-9,11,19,21,23H,3-4,6,10,12-16H2,(H,28,30)/p+1/t19-,21-,23+/m1/s1. The average molecular weight is 485 g/mol. The number of quaternary nitrogens is 1. The van der Waals surface area contributed by atoms with Crippen molar-refractivity contribution in [2.75, 3.05) is 19.7 Å². The van der Waals surface area contributed by atoms with Gasteiger partial charge in [-0.05, 0) is 48.4 Å². The maximum atomic E-state index is 12.8. The second-order valence-electron chi connectivity index (χ2n) is 8.80. The number of halogens is 3. The first-order valence-corrected chi connectivity index (χ1v) is 12.3. The van der Waals surface area contributed by atoms with E-state index in [-0.39, 0.29) is 12.3 Å². The molecule has 2 aliphatic heterocycles. The summed E-state index contributed by atoms with van der Waals surface area (Å²) in [5, 5.41) is 4.96. The molecule has 2 fully saturated rings. The molecular formula is C24H30Cl3N2O2+. The summed E-state index contributed by atoms with van der Waals surface area (Å²) in [6.07, 6.45) is 5.37. The van der Waals surface area contributed by atoms with Gasteiger partial charge in [0.05, 0.1) is 32.2 Å². The summed E-state index contributed by atoms with van der Waals surface area (Å²) in [5.41, 5.74) is 0.937. The van der Waals surface area contributed by atoms with Gasteiger partial charge < -0.3 is 15.0 Å². The zero-order valence-electron chi connectivity index (χ0n) is 17.6. The van der Waals surface area contributed by atoms with Crippen molar-refractivity contribution in [1.29, 1.82) is 0 Å². The summed E-state index contributed by atoms with van der Waals surface area (Å²) in [7, 11) is 0. The second-order valence-corrected chi connectivity index (χ2v) is 11.2. The lowest BCUT2D eigenvalue weighted by molar-refractivity contribution is -0.940. The predicted octanol–water partition coefficient (Wildman–Crippen LogP) is 4.06. The van der Waals surface area contributed by atoms with Crippen LogP contribution in [0.1, 0.15) is 37.7 Å². The average Bonchev–Trinajstić information content (AvgIpc) is 2.76. The van der Waals surface area contributed by atoms with Gasteiger partial charge in [0.25, 0.3) is 0 Å². The van der Waals surface area contributed by atoms with Gasteiger partial charge in [-0.1, -0.05) is 77.3 Å². The van der Waals surface area contributed by atoms with Gasteiger partial charge in [-0.3, -0.25) is 4.79 Å². The highest BCUT2D eigenvalue weighted by Gasteiger charge is 2.40. The Morgan fingerprint density at radius 1 is 1.06 bits per heavy atom. The highest BCUT2D eigenvalue weighted by atomic mass is 35.6. The van der Waals surface area contributed by atoms with E-state index in [1.165, 1.54) is 38.8 Å². The van der Waals surface area contributed by atoms with Gasteiger partial charge >= 0.3 is 0 Å². The van der Waals surface area contributed by atoms with E-state index in [0.717, 1.165) is 22.8 Å². The number of amides is 1. The van der Waals surface area contributed by atoms with E-state index in [4.69, 9.17) is 39.5 Å². The molecule has 0 bridgehead atoms. The van der Waals surface area contributed by atoms with E-state index in [9.17, 15) is 4.79 Å². The fourth-order valence-electron chi connectivity index (χ4n) is 5.23. The Labute approximate surface area is 199 Å². The molecule has 2 aliphatic rings. The number of carbonyl (C=O) groups is 1. The number of ether oxygens (including phenoxy) is 1. The Kier molecular flexibility index (Phi) is 7.66. The SMILES string of the molecule is O=C(Cc1cccc2ccccc12)N[C@@H](OC[C@H]1CCC[NH+]2CCCC[C@H]12)C(Cl)(Cl)Cl. The second kappa shape index (κ2) is 10.3. The molecule has 0 aliphatic carbocycles. The molecule has 31 heavy (non-hydrogen) atoms. The molecule has 2 N–H and O–H groups in total. The van der Waals surface area contributed by atoms with Crippen LogP contribution in [0.3, 0.4) is 0 Å². The van der Waals surface area contributed by atoms with Crippen molar-refractivity contribution in [3.05, 3.63) is 48.0 Å². The van der Waals surface area contributed by atoms with Crippen molar-refractivity contribution in [1.82, 2.24) is 5.32 Å². The van der Waals surface area contributed by atoms with Crippen molar-refractivity contribution in [3.63, 3.8) is 0 Å². The molecule has 0 spiro atoms. The van der Waals surface area contributed by atoms with E-state index < -0.39 is 10.0 Å². The number of alkyl halides is 3. The van der Waals surface area contributed by atoms with Gasteiger partial charge in [-0.15, -0.1) is 0 Å². The van der Waals surface area contributed by atoms with E-state index in [1.54, 1.807) is 4.90 Å². The van der Waals surface area contributed by atoms with E-state index in [2.05, 4.69) is 5.32 Å². The Morgan fingerprint density at radius 3 is 2.68 bits per heavy atom. The minimum absolute atomic E-state index is 0.200. The third-order valence-electron chi connectivity index (χ3n) is 6.73. The van der Waals surface area contributed by atoms with Gasteiger partial charge in [-0.25, -0.2) is 0 Å². The van der Waals surface area contributed by atoms with Crippen LogP contribution in [0.4, 0.5) is 0 Å². The van der Waals surface area contributed by atoms with Crippen molar-refractivity contribution in [2.45, 2.75) is 54.6 Å². The van der Waals surface area contributed by atoms with E-state index in [1.807, 2.05) is 42.5 Å². The van der Waals surface area contributed by atoms with Crippen LogP contribution in [0.25, 0.3) is 10.8 Å². The van der Waals surface area contributed by atoms with Crippen LogP contribution in [0.2, 0.25) is 0 Å². The highest BCUT2D eigenvalue weighted by molar-refractivity contribution is 6.68. The fraction of sp³-hybridized carbons (Fsp3) is 0.542. The minimum Gasteiger partial charge on any atom is -0.353 e. The summed E-state index contributed by atoms with van der Waals surface area (Å²) >= 11 is 18.5. The smallest absolute Gasteiger partial charge is 0.234 e. The minimum atomic E-state index is -1.73. The van der Waals surface area contributed by atoms with Crippen LogP contribution in [0.5, 0.6) is 0 Å². The fourth-order valence-corrected chi connectivity index (χ4v) is 5.58. The molecule has 0 saturated carbocycles. The van der Waals surface area contributed by atoms with Crippen LogP contribution in [-0.4, -0.2) is 41.7 Å². The molecule has 2 heterocycles. The number of fused-ring (bicyclic) bond motifs is 2. The predicted molar refractivity (Wildman–Crippen MR) is 127 cm³/mol. The summed E-state index contributed by atoms with van der Waals surface area (Å²) in [6.45, 7) is 2.99.